The van der Waals surface area contributed by atoms with Crippen molar-refractivity contribution in [2.24, 2.45) is 0 Å². The second-order valence-electron chi connectivity index (χ2n) is 3.59. The van der Waals surface area contributed by atoms with Gasteiger partial charge < -0.3 is 15.0 Å². The van der Waals surface area contributed by atoms with E-state index in [0.717, 1.165) is 37.8 Å². The minimum absolute atomic E-state index is 0.474. The molecule has 0 aliphatic carbocycles. The quantitative estimate of drug-likeness (QED) is 0.736. The molecule has 1 fully saturated rings. The van der Waals surface area contributed by atoms with Crippen LogP contribution in [0.1, 0.15) is 5.69 Å². The number of hydrogen-bond acceptors (Lipinski definition) is 4. The molecule has 5 nitrogen and oxygen atoms in total. The van der Waals surface area contributed by atoms with Crippen LogP contribution in [0.15, 0.2) is 18.2 Å². The summed E-state index contributed by atoms with van der Waals surface area (Å²) in [6.07, 6.45) is 0.684. The van der Waals surface area contributed by atoms with Gasteiger partial charge in [-0.2, -0.15) is 0 Å². The van der Waals surface area contributed by atoms with Crippen LogP contribution in [0.3, 0.4) is 0 Å². The number of anilines is 1. The molecule has 1 aliphatic heterocycles. The summed E-state index contributed by atoms with van der Waals surface area (Å²) in [6, 6.07) is 5.84. The van der Waals surface area contributed by atoms with E-state index in [-0.39, 0.29) is 0 Å². The van der Waals surface area contributed by atoms with Gasteiger partial charge in [0, 0.05) is 13.1 Å². The molecule has 5 heteroatoms. The Balaban J connectivity index is 2.05. The average Bonchev–Trinajstić information content (AvgIpc) is 2.38. The van der Waals surface area contributed by atoms with E-state index < -0.39 is 0 Å². The summed E-state index contributed by atoms with van der Waals surface area (Å²) in [5, 5.41) is 2.61. The van der Waals surface area contributed by atoms with E-state index in [2.05, 4.69) is 15.2 Å². The summed E-state index contributed by atoms with van der Waals surface area (Å²) < 4.78 is 5.29. The van der Waals surface area contributed by atoms with Gasteiger partial charge in [0.05, 0.1) is 25.5 Å². The molecule has 0 atom stereocenters. The van der Waals surface area contributed by atoms with Crippen molar-refractivity contribution in [3.63, 3.8) is 0 Å². The molecular weight excluding hydrogens is 206 g/mol. The Bertz CT molecular complexity index is 351. The Morgan fingerprint density at radius 1 is 1.44 bits per heavy atom. The molecule has 0 spiro atoms. The fourth-order valence-corrected chi connectivity index (χ4v) is 1.68. The molecule has 1 aromatic heterocycles. The smallest absolute Gasteiger partial charge is 0.207 e. The van der Waals surface area contributed by atoms with Crippen molar-refractivity contribution in [1.29, 1.82) is 0 Å². The molecule has 1 aromatic rings. The van der Waals surface area contributed by atoms with Gasteiger partial charge >= 0.3 is 0 Å². The molecule has 0 bridgehead atoms. The summed E-state index contributed by atoms with van der Waals surface area (Å²) >= 11 is 0. The third-order valence-corrected chi connectivity index (χ3v) is 2.49. The number of morpholine rings is 1. The lowest BCUT2D eigenvalue weighted by atomic mass is 10.3. The monoisotopic (exact) mass is 221 g/mol. The van der Waals surface area contributed by atoms with Crippen LogP contribution in [0, 0.1) is 0 Å². The molecule has 1 aliphatic rings. The number of rotatable bonds is 4. The number of ether oxygens (including phenoxy) is 1. The normalized spacial score (nSPS) is 15.9. The van der Waals surface area contributed by atoms with Crippen LogP contribution in [0.25, 0.3) is 0 Å². The third kappa shape index (κ3) is 2.70. The molecule has 2 rings (SSSR count). The molecule has 2 heterocycles. The number of aromatic nitrogens is 1. The maximum Gasteiger partial charge on any atom is 0.207 e. The van der Waals surface area contributed by atoms with Gasteiger partial charge in [-0.3, -0.25) is 4.79 Å². The Morgan fingerprint density at radius 3 is 3.00 bits per heavy atom. The van der Waals surface area contributed by atoms with Gasteiger partial charge in [0.1, 0.15) is 5.82 Å². The van der Waals surface area contributed by atoms with Gasteiger partial charge in [0.2, 0.25) is 6.41 Å². The molecule has 0 aromatic carbocycles. The first-order valence-corrected chi connectivity index (χ1v) is 5.36. The van der Waals surface area contributed by atoms with Gasteiger partial charge in [0.25, 0.3) is 0 Å². The third-order valence-electron chi connectivity index (χ3n) is 2.49. The van der Waals surface area contributed by atoms with E-state index in [0.29, 0.717) is 13.0 Å². The van der Waals surface area contributed by atoms with Crippen molar-refractivity contribution in [3.8, 4) is 0 Å². The minimum atomic E-state index is 0.474. The summed E-state index contributed by atoms with van der Waals surface area (Å²) in [5.41, 5.74) is 0.871. The first kappa shape index (κ1) is 10.9. The summed E-state index contributed by atoms with van der Waals surface area (Å²) in [5.74, 6) is 0.952. The van der Waals surface area contributed by atoms with Crippen LogP contribution >= 0.6 is 0 Å². The van der Waals surface area contributed by atoms with Crippen LogP contribution in [0.4, 0.5) is 5.82 Å². The number of amides is 1. The molecular formula is C11H15N3O2. The van der Waals surface area contributed by atoms with Gasteiger partial charge in [-0.1, -0.05) is 6.07 Å². The molecule has 1 saturated heterocycles. The highest BCUT2D eigenvalue weighted by atomic mass is 16.5. The van der Waals surface area contributed by atoms with Crippen molar-refractivity contribution < 1.29 is 9.53 Å². The Kier molecular flexibility index (Phi) is 3.71. The molecule has 86 valence electrons. The standard InChI is InChI=1S/C11H15N3O2/c15-9-12-8-10-2-1-3-11(13-10)14-4-6-16-7-5-14/h1-3,9H,4-8H2,(H,12,15). The van der Waals surface area contributed by atoms with Crippen molar-refractivity contribution in [1.82, 2.24) is 10.3 Å². The Hall–Kier alpha value is -1.62. The minimum Gasteiger partial charge on any atom is -0.378 e. The van der Waals surface area contributed by atoms with E-state index in [9.17, 15) is 4.79 Å². The van der Waals surface area contributed by atoms with E-state index in [1.54, 1.807) is 0 Å². The topological polar surface area (TPSA) is 54.5 Å². The zero-order chi connectivity index (χ0) is 11.2. The SMILES string of the molecule is O=CNCc1cccc(N2CCOCC2)n1. The molecule has 1 N–H and O–H groups in total. The van der Waals surface area contributed by atoms with E-state index >= 15 is 0 Å². The summed E-state index contributed by atoms with van der Waals surface area (Å²) in [6.45, 7) is 3.72. The van der Waals surface area contributed by atoms with Crippen LogP contribution < -0.4 is 10.2 Å². The van der Waals surface area contributed by atoms with Crippen molar-refractivity contribution in [3.05, 3.63) is 23.9 Å². The lowest BCUT2D eigenvalue weighted by molar-refractivity contribution is -0.109. The van der Waals surface area contributed by atoms with Gasteiger partial charge in [0.15, 0.2) is 0 Å². The first-order valence-electron chi connectivity index (χ1n) is 5.36. The van der Waals surface area contributed by atoms with Crippen LogP contribution in [-0.2, 0) is 16.1 Å². The number of nitrogens with zero attached hydrogens (tertiary/aromatic N) is 2. The predicted molar refractivity (Wildman–Crippen MR) is 60.2 cm³/mol. The first-order chi connectivity index (χ1) is 7.90. The molecule has 0 unspecified atom stereocenters. The highest BCUT2D eigenvalue weighted by Crippen LogP contribution is 2.12. The average molecular weight is 221 g/mol. The molecule has 16 heavy (non-hydrogen) atoms. The van der Waals surface area contributed by atoms with Crippen LogP contribution in [-0.4, -0.2) is 37.7 Å². The van der Waals surface area contributed by atoms with Gasteiger partial charge in [-0.25, -0.2) is 4.98 Å². The second-order valence-corrected chi connectivity index (χ2v) is 3.59. The zero-order valence-electron chi connectivity index (χ0n) is 9.06. The van der Waals surface area contributed by atoms with E-state index in [4.69, 9.17) is 4.74 Å². The van der Waals surface area contributed by atoms with E-state index in [1.165, 1.54) is 0 Å². The number of carbonyl (C=O) groups excluding carboxylic acids is 1. The number of pyridine rings is 1. The molecule has 0 radical (unpaired) electrons. The number of carbonyl (C=O) groups is 1. The highest BCUT2D eigenvalue weighted by molar-refractivity contribution is 5.46. The van der Waals surface area contributed by atoms with Crippen LogP contribution in [0.5, 0.6) is 0 Å². The fourth-order valence-electron chi connectivity index (χ4n) is 1.68. The van der Waals surface area contributed by atoms with Gasteiger partial charge in [-0.15, -0.1) is 0 Å². The molecule has 0 saturated carbocycles. The largest absolute Gasteiger partial charge is 0.378 e. The lowest BCUT2D eigenvalue weighted by Gasteiger charge is -2.28. The van der Waals surface area contributed by atoms with Crippen molar-refractivity contribution in [2.45, 2.75) is 6.54 Å². The summed E-state index contributed by atoms with van der Waals surface area (Å²) in [7, 11) is 0. The number of nitrogens with one attached hydrogen (secondary N) is 1. The lowest BCUT2D eigenvalue weighted by Crippen LogP contribution is -2.36. The Labute approximate surface area is 94.4 Å². The van der Waals surface area contributed by atoms with Crippen LogP contribution in [0.2, 0.25) is 0 Å². The van der Waals surface area contributed by atoms with E-state index in [1.807, 2.05) is 18.2 Å². The summed E-state index contributed by atoms with van der Waals surface area (Å²) in [4.78, 5) is 16.9. The van der Waals surface area contributed by atoms with Crippen molar-refractivity contribution in [2.75, 3.05) is 31.2 Å². The fraction of sp³-hybridized carbons (Fsp3) is 0.455. The molecule has 1 amide bonds. The Morgan fingerprint density at radius 2 is 2.25 bits per heavy atom. The van der Waals surface area contributed by atoms with Crippen molar-refractivity contribution >= 4 is 12.2 Å². The number of hydrogen-bond donors (Lipinski definition) is 1. The highest BCUT2D eigenvalue weighted by Gasteiger charge is 2.12. The maximum absolute atomic E-state index is 10.2. The maximum atomic E-state index is 10.2. The zero-order valence-corrected chi connectivity index (χ0v) is 9.06. The van der Waals surface area contributed by atoms with Gasteiger partial charge in [-0.05, 0) is 12.1 Å². The second kappa shape index (κ2) is 5.46. The predicted octanol–water partition coefficient (Wildman–Crippen LogP) is 0.164.